The largest absolute Gasteiger partial charge is 0.468 e. The Hall–Kier alpha value is -1.10. The van der Waals surface area contributed by atoms with E-state index < -0.39 is 0 Å². The van der Waals surface area contributed by atoms with Crippen molar-refractivity contribution in [3.05, 3.63) is 0 Å². The smallest absolute Gasteiger partial charge is 0.323 e. The molecule has 0 aromatic heterocycles. The minimum absolute atomic E-state index is 0.0260. The molecular weight excluding hydrogens is 196 g/mol. The lowest BCUT2D eigenvalue weighted by Gasteiger charge is -2.15. The third-order valence-corrected chi connectivity index (χ3v) is 2.54. The van der Waals surface area contributed by atoms with Crippen molar-refractivity contribution in [3.8, 4) is 0 Å². The standard InChI is InChI=1S/C10H18N2O3/c1-11-8(13)5-6-12-9(7-3-4-7)10(14)15-2/h7,9,12H,3-6H2,1-2H3,(H,11,13). The Kier molecular flexibility index (Phi) is 4.55. The molecular formula is C10H18N2O3. The van der Waals surface area contributed by atoms with Gasteiger partial charge in [0.2, 0.25) is 5.91 Å². The van der Waals surface area contributed by atoms with Gasteiger partial charge in [-0.1, -0.05) is 0 Å². The highest BCUT2D eigenvalue weighted by atomic mass is 16.5. The van der Waals surface area contributed by atoms with Crippen LogP contribution in [0.5, 0.6) is 0 Å². The molecule has 1 fully saturated rings. The first-order valence-corrected chi connectivity index (χ1v) is 5.20. The Bertz CT molecular complexity index is 239. The summed E-state index contributed by atoms with van der Waals surface area (Å²) in [5, 5.41) is 5.59. The maximum Gasteiger partial charge on any atom is 0.323 e. The number of methoxy groups -OCH3 is 1. The van der Waals surface area contributed by atoms with E-state index in [4.69, 9.17) is 4.74 Å². The van der Waals surface area contributed by atoms with Crippen LogP contribution in [0.3, 0.4) is 0 Å². The van der Waals surface area contributed by atoms with E-state index >= 15 is 0 Å². The minimum atomic E-state index is -0.236. The van der Waals surface area contributed by atoms with Crippen LogP contribution in [0.4, 0.5) is 0 Å². The third-order valence-electron chi connectivity index (χ3n) is 2.54. The molecule has 0 aromatic rings. The first-order valence-electron chi connectivity index (χ1n) is 5.20. The van der Waals surface area contributed by atoms with Gasteiger partial charge < -0.3 is 15.4 Å². The average molecular weight is 214 g/mol. The zero-order chi connectivity index (χ0) is 11.3. The molecule has 0 spiro atoms. The molecule has 1 unspecified atom stereocenters. The van der Waals surface area contributed by atoms with Crippen LogP contribution in [0, 0.1) is 5.92 Å². The summed E-state index contributed by atoms with van der Waals surface area (Å²) in [6.45, 7) is 0.510. The Morgan fingerprint density at radius 3 is 2.60 bits per heavy atom. The van der Waals surface area contributed by atoms with E-state index in [1.165, 1.54) is 7.11 Å². The molecule has 0 radical (unpaired) electrons. The molecule has 0 saturated heterocycles. The highest BCUT2D eigenvalue weighted by molar-refractivity contribution is 5.77. The lowest BCUT2D eigenvalue weighted by atomic mass is 10.2. The number of hydrogen-bond acceptors (Lipinski definition) is 4. The van der Waals surface area contributed by atoms with Crippen molar-refractivity contribution in [2.24, 2.45) is 5.92 Å². The Balaban J connectivity index is 2.26. The first-order chi connectivity index (χ1) is 7.19. The van der Waals surface area contributed by atoms with Crippen LogP contribution in [0.2, 0.25) is 0 Å². The van der Waals surface area contributed by atoms with Crippen LogP contribution in [-0.4, -0.2) is 38.6 Å². The summed E-state index contributed by atoms with van der Waals surface area (Å²) in [5.41, 5.74) is 0. The second-order valence-electron chi connectivity index (χ2n) is 3.72. The van der Waals surface area contributed by atoms with Crippen LogP contribution in [-0.2, 0) is 14.3 Å². The molecule has 2 N–H and O–H groups in total. The predicted octanol–water partition coefficient (Wildman–Crippen LogP) is -0.336. The van der Waals surface area contributed by atoms with E-state index in [-0.39, 0.29) is 17.9 Å². The van der Waals surface area contributed by atoms with Gasteiger partial charge in [0.25, 0.3) is 0 Å². The molecule has 0 heterocycles. The van der Waals surface area contributed by atoms with Gasteiger partial charge in [0.05, 0.1) is 7.11 Å². The monoisotopic (exact) mass is 214 g/mol. The molecule has 86 valence electrons. The number of carbonyl (C=O) groups is 2. The molecule has 1 aliphatic carbocycles. The molecule has 1 aliphatic rings. The second-order valence-corrected chi connectivity index (χ2v) is 3.72. The van der Waals surface area contributed by atoms with Crippen molar-refractivity contribution in [2.75, 3.05) is 20.7 Å². The van der Waals surface area contributed by atoms with Crippen molar-refractivity contribution in [1.29, 1.82) is 0 Å². The van der Waals surface area contributed by atoms with Crippen LogP contribution in [0.1, 0.15) is 19.3 Å². The van der Waals surface area contributed by atoms with Crippen molar-refractivity contribution >= 4 is 11.9 Å². The fourth-order valence-corrected chi connectivity index (χ4v) is 1.47. The molecule has 5 nitrogen and oxygen atoms in total. The summed E-state index contributed by atoms with van der Waals surface area (Å²) >= 11 is 0. The molecule has 1 saturated carbocycles. The highest BCUT2D eigenvalue weighted by Gasteiger charge is 2.36. The van der Waals surface area contributed by atoms with Gasteiger partial charge in [-0.15, -0.1) is 0 Å². The topological polar surface area (TPSA) is 67.4 Å². The Morgan fingerprint density at radius 2 is 2.13 bits per heavy atom. The van der Waals surface area contributed by atoms with E-state index in [2.05, 4.69) is 10.6 Å². The highest BCUT2D eigenvalue weighted by Crippen LogP contribution is 2.33. The van der Waals surface area contributed by atoms with Gasteiger partial charge >= 0.3 is 5.97 Å². The van der Waals surface area contributed by atoms with Gasteiger partial charge in [0.15, 0.2) is 0 Å². The molecule has 1 rings (SSSR count). The van der Waals surface area contributed by atoms with E-state index in [1.807, 2.05) is 0 Å². The Morgan fingerprint density at radius 1 is 1.47 bits per heavy atom. The molecule has 1 atom stereocenters. The molecule has 15 heavy (non-hydrogen) atoms. The normalized spacial score (nSPS) is 16.9. The maximum absolute atomic E-state index is 11.4. The van der Waals surface area contributed by atoms with Gasteiger partial charge in [-0.3, -0.25) is 9.59 Å². The van der Waals surface area contributed by atoms with E-state index in [9.17, 15) is 9.59 Å². The zero-order valence-electron chi connectivity index (χ0n) is 9.21. The Labute approximate surface area is 89.6 Å². The number of hydrogen-bond donors (Lipinski definition) is 2. The molecule has 0 aliphatic heterocycles. The van der Waals surface area contributed by atoms with Crippen molar-refractivity contribution in [1.82, 2.24) is 10.6 Å². The van der Waals surface area contributed by atoms with Gasteiger partial charge in [0, 0.05) is 20.0 Å². The summed E-state index contributed by atoms with van der Waals surface area (Å²) in [6, 6.07) is -0.236. The number of esters is 1. The number of amides is 1. The van der Waals surface area contributed by atoms with Crippen molar-refractivity contribution in [2.45, 2.75) is 25.3 Å². The summed E-state index contributed by atoms with van der Waals surface area (Å²) in [5.74, 6) is 0.137. The number of nitrogens with one attached hydrogen (secondary N) is 2. The quantitative estimate of drug-likeness (QED) is 0.594. The molecule has 1 amide bonds. The van der Waals surface area contributed by atoms with Crippen LogP contribution in [0.15, 0.2) is 0 Å². The fraction of sp³-hybridized carbons (Fsp3) is 0.800. The minimum Gasteiger partial charge on any atom is -0.468 e. The predicted molar refractivity (Wildman–Crippen MR) is 55.2 cm³/mol. The van der Waals surface area contributed by atoms with Crippen LogP contribution < -0.4 is 10.6 Å². The number of rotatable bonds is 6. The number of ether oxygens (including phenoxy) is 1. The fourth-order valence-electron chi connectivity index (χ4n) is 1.47. The summed E-state index contributed by atoms with van der Waals surface area (Å²) in [6.07, 6.45) is 2.51. The maximum atomic E-state index is 11.4. The molecule has 5 heteroatoms. The van der Waals surface area contributed by atoms with E-state index in [0.717, 1.165) is 12.8 Å². The van der Waals surface area contributed by atoms with Gasteiger partial charge in [-0.2, -0.15) is 0 Å². The third kappa shape index (κ3) is 3.87. The number of carbonyl (C=O) groups excluding carboxylic acids is 2. The van der Waals surface area contributed by atoms with E-state index in [1.54, 1.807) is 7.05 Å². The lowest BCUT2D eigenvalue weighted by molar-refractivity contribution is -0.143. The van der Waals surface area contributed by atoms with Crippen LogP contribution in [0.25, 0.3) is 0 Å². The van der Waals surface area contributed by atoms with Crippen LogP contribution >= 0.6 is 0 Å². The SMILES string of the molecule is CNC(=O)CCNC(C(=O)OC)C1CC1. The van der Waals surface area contributed by atoms with Gasteiger partial charge in [0.1, 0.15) is 6.04 Å². The lowest BCUT2D eigenvalue weighted by Crippen LogP contribution is -2.41. The van der Waals surface area contributed by atoms with Crippen molar-refractivity contribution < 1.29 is 14.3 Å². The van der Waals surface area contributed by atoms with Gasteiger partial charge in [-0.25, -0.2) is 0 Å². The summed E-state index contributed by atoms with van der Waals surface area (Å²) in [7, 11) is 2.99. The van der Waals surface area contributed by atoms with Crippen molar-refractivity contribution in [3.63, 3.8) is 0 Å². The van der Waals surface area contributed by atoms with E-state index in [0.29, 0.717) is 18.9 Å². The summed E-state index contributed by atoms with van der Waals surface area (Å²) in [4.78, 5) is 22.3. The second kappa shape index (κ2) is 5.70. The molecule has 0 bridgehead atoms. The van der Waals surface area contributed by atoms with Gasteiger partial charge in [-0.05, 0) is 18.8 Å². The molecule has 0 aromatic carbocycles. The zero-order valence-corrected chi connectivity index (χ0v) is 9.21. The average Bonchev–Trinajstić information content (AvgIpc) is 3.06. The summed E-state index contributed by atoms with van der Waals surface area (Å²) < 4.78 is 4.70. The first kappa shape index (κ1) is 12.0.